The van der Waals surface area contributed by atoms with E-state index in [1.54, 1.807) is 12.1 Å². The third-order valence-electron chi connectivity index (χ3n) is 16.2. The summed E-state index contributed by atoms with van der Waals surface area (Å²) in [7, 11) is 0. The standard InChI is InChI=1S/C69H56BFN4/c1-42(2)45-39-54(43(3)4)66(55(40-45)44(5)6)70-56-28-16-20-32-61(56)72(47-21-9-7-10-22-47)62-41-50(37-38-57(62)70)75-60-31-19-15-27-53(60)65-68-63(52-26-14-18-30-59(52)74(68)49-35-33-46(71)34-36-49)67-64(69(65)75)51-25-13-17-29-58(51)73(67)48-23-11-8-12-24-48/h7-44H,1-6H3. The van der Waals surface area contributed by atoms with E-state index < -0.39 is 0 Å². The van der Waals surface area contributed by atoms with Crippen LogP contribution in [0.4, 0.5) is 21.5 Å². The summed E-state index contributed by atoms with van der Waals surface area (Å²) in [6.07, 6.45) is 0. The molecule has 10 aromatic carbocycles. The fourth-order valence-corrected chi connectivity index (χ4v) is 13.0. The van der Waals surface area contributed by atoms with Gasteiger partial charge in [-0.2, -0.15) is 0 Å². The molecule has 0 fully saturated rings. The molecule has 0 bridgehead atoms. The van der Waals surface area contributed by atoms with E-state index in [1.807, 2.05) is 12.1 Å². The predicted octanol–water partition coefficient (Wildman–Crippen LogP) is 16.8. The van der Waals surface area contributed by atoms with Crippen molar-refractivity contribution in [1.29, 1.82) is 0 Å². The smallest absolute Gasteiger partial charge is 0.247 e. The summed E-state index contributed by atoms with van der Waals surface area (Å²) in [5, 5.41) is 6.96. The van der Waals surface area contributed by atoms with Crippen molar-refractivity contribution in [3.63, 3.8) is 0 Å². The van der Waals surface area contributed by atoms with Gasteiger partial charge in [0.15, 0.2) is 0 Å². The molecular formula is C69H56BFN4. The van der Waals surface area contributed by atoms with Gasteiger partial charge >= 0.3 is 0 Å². The first-order chi connectivity index (χ1) is 36.7. The second-order valence-electron chi connectivity index (χ2n) is 21.5. The monoisotopic (exact) mass is 970 g/mol. The molecule has 0 saturated carbocycles. The Morgan fingerprint density at radius 1 is 0.360 bits per heavy atom. The molecule has 1 aliphatic rings. The molecule has 4 heterocycles. The van der Waals surface area contributed by atoms with Gasteiger partial charge in [0.05, 0.1) is 33.1 Å². The quantitative estimate of drug-likeness (QED) is 0.139. The first-order valence-electron chi connectivity index (χ1n) is 26.7. The van der Waals surface area contributed by atoms with Crippen molar-refractivity contribution in [3.05, 3.63) is 235 Å². The minimum atomic E-state index is -0.261. The highest BCUT2D eigenvalue weighted by Crippen LogP contribution is 2.51. The Hall–Kier alpha value is -8.61. The van der Waals surface area contributed by atoms with Crippen LogP contribution in [0.15, 0.2) is 212 Å². The molecule has 14 rings (SSSR count). The van der Waals surface area contributed by atoms with E-state index in [1.165, 1.54) is 49.5 Å². The first-order valence-corrected chi connectivity index (χ1v) is 26.7. The predicted molar refractivity (Wildman–Crippen MR) is 317 cm³/mol. The number of benzene rings is 10. The first kappa shape index (κ1) is 45.0. The lowest BCUT2D eigenvalue weighted by Crippen LogP contribution is -2.59. The van der Waals surface area contributed by atoms with E-state index in [2.05, 4.69) is 248 Å². The number of nitrogens with zero attached hydrogens (tertiary/aromatic N) is 4. The lowest BCUT2D eigenvalue weighted by molar-refractivity contribution is 0.627. The number of aromatic nitrogens is 3. The molecule has 0 saturated heterocycles. The zero-order valence-electron chi connectivity index (χ0n) is 43.2. The van der Waals surface area contributed by atoms with Crippen molar-refractivity contribution >= 4 is 106 Å². The second-order valence-corrected chi connectivity index (χ2v) is 21.5. The lowest BCUT2D eigenvalue weighted by atomic mass is 9.33. The summed E-state index contributed by atoms with van der Waals surface area (Å²) >= 11 is 0. The Morgan fingerprint density at radius 3 is 1.28 bits per heavy atom. The Bertz CT molecular complexity index is 4380. The van der Waals surface area contributed by atoms with Gasteiger partial charge in [-0.25, -0.2) is 4.39 Å². The molecule has 362 valence electrons. The topological polar surface area (TPSA) is 18.0 Å². The maximum atomic E-state index is 15.0. The Morgan fingerprint density at radius 2 is 0.773 bits per heavy atom. The van der Waals surface area contributed by atoms with Gasteiger partial charge in [-0.1, -0.05) is 174 Å². The van der Waals surface area contributed by atoms with Gasteiger partial charge in [0.25, 0.3) is 0 Å². The summed E-state index contributed by atoms with van der Waals surface area (Å²) in [5.41, 5.74) is 21.5. The van der Waals surface area contributed by atoms with Gasteiger partial charge in [-0.3, -0.25) is 0 Å². The van der Waals surface area contributed by atoms with Gasteiger partial charge in [-0.15, -0.1) is 0 Å². The third kappa shape index (κ3) is 6.68. The molecule has 1 aliphatic heterocycles. The highest BCUT2D eigenvalue weighted by molar-refractivity contribution is 6.98. The van der Waals surface area contributed by atoms with Crippen molar-refractivity contribution in [3.8, 4) is 17.1 Å². The number of hydrogen-bond acceptors (Lipinski definition) is 1. The normalized spacial score (nSPS) is 12.8. The zero-order valence-corrected chi connectivity index (χ0v) is 43.2. The van der Waals surface area contributed by atoms with Crippen LogP contribution in [0.3, 0.4) is 0 Å². The third-order valence-corrected chi connectivity index (χ3v) is 16.2. The second kappa shape index (κ2) is 17.2. The van der Waals surface area contributed by atoms with Crippen LogP contribution in [0.5, 0.6) is 0 Å². The molecule has 0 spiro atoms. The fraction of sp³-hybridized carbons (Fsp3) is 0.130. The summed E-state index contributed by atoms with van der Waals surface area (Å²) in [4.78, 5) is 2.51. The zero-order chi connectivity index (χ0) is 50.8. The minimum Gasteiger partial charge on any atom is -0.311 e. The summed E-state index contributed by atoms with van der Waals surface area (Å²) in [6, 6.07) is 76.8. The number of fused-ring (bicyclic) bond motifs is 14. The van der Waals surface area contributed by atoms with E-state index in [0.29, 0.717) is 17.8 Å². The molecule has 0 radical (unpaired) electrons. The van der Waals surface area contributed by atoms with E-state index in [9.17, 15) is 4.39 Å². The molecule has 4 nitrogen and oxygen atoms in total. The molecule has 3 aromatic heterocycles. The van der Waals surface area contributed by atoms with E-state index in [0.717, 1.165) is 83.1 Å². The van der Waals surface area contributed by atoms with Crippen molar-refractivity contribution < 1.29 is 4.39 Å². The van der Waals surface area contributed by atoms with Crippen LogP contribution < -0.4 is 21.3 Å². The molecule has 6 heteroatoms. The van der Waals surface area contributed by atoms with Crippen LogP contribution >= 0.6 is 0 Å². The van der Waals surface area contributed by atoms with Crippen molar-refractivity contribution in [1.82, 2.24) is 13.7 Å². The van der Waals surface area contributed by atoms with Gasteiger partial charge in [0.1, 0.15) is 5.82 Å². The minimum absolute atomic E-state index is 0.0130. The van der Waals surface area contributed by atoms with E-state index >= 15 is 0 Å². The van der Waals surface area contributed by atoms with Crippen molar-refractivity contribution in [2.24, 2.45) is 0 Å². The highest BCUT2D eigenvalue weighted by Gasteiger charge is 2.39. The van der Waals surface area contributed by atoms with Gasteiger partial charge in [-0.05, 0) is 130 Å². The summed E-state index contributed by atoms with van der Waals surface area (Å²) in [5.74, 6) is 0.786. The maximum absolute atomic E-state index is 15.0. The SMILES string of the molecule is CC(C)c1cc(C(C)C)c(B2c3ccccc3N(c3ccccc3)c3cc(-n4c5ccccc5c5c6c(c7ccccc7n6-c6ccc(F)cc6)c6c(c7ccccc7n6-c6ccccc6)c54)ccc32)c(C(C)C)c1. The van der Waals surface area contributed by atoms with Gasteiger partial charge in [0.2, 0.25) is 6.71 Å². The number of para-hydroxylation sites is 6. The average molecular weight is 971 g/mol. The molecule has 75 heavy (non-hydrogen) atoms. The molecule has 0 amide bonds. The fourth-order valence-electron chi connectivity index (χ4n) is 13.0. The largest absolute Gasteiger partial charge is 0.311 e. The van der Waals surface area contributed by atoms with Crippen LogP contribution in [-0.2, 0) is 0 Å². The number of anilines is 3. The lowest BCUT2D eigenvalue weighted by Gasteiger charge is -2.39. The average Bonchev–Trinajstić information content (AvgIpc) is 4.32. The Labute approximate surface area is 437 Å². The molecule has 13 aromatic rings. The Balaban J connectivity index is 1.17. The van der Waals surface area contributed by atoms with E-state index in [4.69, 9.17) is 0 Å². The van der Waals surface area contributed by atoms with Crippen LogP contribution in [0.1, 0.15) is 76.0 Å². The number of rotatable bonds is 8. The summed E-state index contributed by atoms with van der Waals surface area (Å²) in [6.45, 7) is 14.1. The van der Waals surface area contributed by atoms with E-state index in [-0.39, 0.29) is 12.5 Å². The molecule has 0 unspecified atom stereocenters. The molecule has 0 atom stereocenters. The van der Waals surface area contributed by atoms with Crippen molar-refractivity contribution in [2.45, 2.75) is 59.3 Å². The summed E-state index contributed by atoms with van der Waals surface area (Å²) < 4.78 is 22.4. The van der Waals surface area contributed by atoms with Crippen LogP contribution in [0.25, 0.3) is 82.5 Å². The molecule has 0 N–H and O–H groups in total. The molecule has 0 aliphatic carbocycles. The van der Waals surface area contributed by atoms with Crippen LogP contribution in [0, 0.1) is 5.82 Å². The Kier molecular flexibility index (Phi) is 10.4. The van der Waals surface area contributed by atoms with Crippen LogP contribution in [0.2, 0.25) is 0 Å². The van der Waals surface area contributed by atoms with Crippen molar-refractivity contribution in [2.75, 3.05) is 4.90 Å². The number of hydrogen-bond donors (Lipinski definition) is 0. The highest BCUT2D eigenvalue weighted by atomic mass is 19.1. The maximum Gasteiger partial charge on any atom is 0.247 e. The van der Waals surface area contributed by atoms with Gasteiger partial charge in [0, 0.05) is 66.4 Å². The molecular weight excluding hydrogens is 915 g/mol. The number of halogens is 1. The van der Waals surface area contributed by atoms with Gasteiger partial charge < -0.3 is 18.6 Å². The van der Waals surface area contributed by atoms with Crippen LogP contribution in [-0.4, -0.2) is 20.4 Å².